The molecule has 4 nitrogen and oxygen atoms in total. The van der Waals surface area contributed by atoms with Gasteiger partial charge < -0.3 is 15.2 Å². The first-order chi connectivity index (χ1) is 10.9. The summed E-state index contributed by atoms with van der Waals surface area (Å²) in [6.45, 7) is 5.57. The third kappa shape index (κ3) is 6.78. The standard InChI is InChI=1S/C17H24F3NO3/c1-11(2)16(4,23)9-15(22)21-12(3)13-6-5-7-14(8-13)24-10-17(18,19)20/h5-8,11-12,23H,9-10H2,1-4H3,(H,21,22). The van der Waals surface area contributed by atoms with Gasteiger partial charge in [0.1, 0.15) is 5.75 Å². The van der Waals surface area contributed by atoms with Crippen LogP contribution in [0.3, 0.4) is 0 Å². The Balaban J connectivity index is 2.68. The highest BCUT2D eigenvalue weighted by molar-refractivity contribution is 5.77. The third-order valence-electron chi connectivity index (χ3n) is 3.90. The lowest BCUT2D eigenvalue weighted by Crippen LogP contribution is -2.39. The molecule has 0 saturated heterocycles. The van der Waals surface area contributed by atoms with E-state index in [1.165, 1.54) is 12.1 Å². The highest BCUT2D eigenvalue weighted by Gasteiger charge is 2.29. The van der Waals surface area contributed by atoms with E-state index < -0.39 is 24.4 Å². The van der Waals surface area contributed by atoms with Crippen molar-refractivity contribution < 1.29 is 27.8 Å². The first-order valence-corrected chi connectivity index (χ1v) is 7.72. The van der Waals surface area contributed by atoms with Crippen molar-refractivity contribution in [2.75, 3.05) is 6.61 Å². The molecule has 1 aromatic carbocycles. The van der Waals surface area contributed by atoms with E-state index in [0.717, 1.165) is 0 Å². The number of nitrogens with one attached hydrogen (secondary N) is 1. The van der Waals surface area contributed by atoms with Crippen LogP contribution in [0, 0.1) is 5.92 Å². The van der Waals surface area contributed by atoms with Gasteiger partial charge in [0.15, 0.2) is 6.61 Å². The lowest BCUT2D eigenvalue weighted by Gasteiger charge is -2.27. The van der Waals surface area contributed by atoms with Crippen molar-refractivity contribution in [3.8, 4) is 5.75 Å². The Morgan fingerprint density at radius 1 is 1.29 bits per heavy atom. The SMILES string of the molecule is CC(NC(=O)CC(C)(O)C(C)C)c1cccc(OCC(F)(F)F)c1. The van der Waals surface area contributed by atoms with Gasteiger partial charge in [-0.1, -0.05) is 26.0 Å². The van der Waals surface area contributed by atoms with Crippen LogP contribution in [0.5, 0.6) is 5.75 Å². The molecule has 1 rings (SSSR count). The van der Waals surface area contributed by atoms with Crippen LogP contribution in [0.1, 0.15) is 45.7 Å². The number of ether oxygens (including phenoxy) is 1. The Kier molecular flexibility index (Phi) is 6.66. The molecule has 24 heavy (non-hydrogen) atoms. The van der Waals surface area contributed by atoms with Gasteiger partial charge in [-0.2, -0.15) is 13.2 Å². The number of rotatable bonds is 7. The maximum Gasteiger partial charge on any atom is 0.422 e. The van der Waals surface area contributed by atoms with Gasteiger partial charge in [0, 0.05) is 0 Å². The Morgan fingerprint density at radius 3 is 2.46 bits per heavy atom. The van der Waals surface area contributed by atoms with Gasteiger partial charge in [0.25, 0.3) is 0 Å². The van der Waals surface area contributed by atoms with Crippen LogP contribution >= 0.6 is 0 Å². The molecule has 7 heteroatoms. The predicted octanol–water partition coefficient (Wildman–Crippen LogP) is 3.60. The van der Waals surface area contributed by atoms with E-state index in [1.54, 1.807) is 26.0 Å². The van der Waals surface area contributed by atoms with E-state index in [4.69, 9.17) is 4.74 Å². The number of amides is 1. The van der Waals surface area contributed by atoms with Crippen molar-refractivity contribution >= 4 is 5.91 Å². The normalized spacial score (nSPS) is 15.7. The molecule has 1 amide bonds. The summed E-state index contributed by atoms with van der Waals surface area (Å²) in [5, 5.41) is 12.9. The zero-order chi connectivity index (χ0) is 18.5. The average molecular weight is 347 g/mol. The van der Waals surface area contributed by atoms with Gasteiger partial charge in [-0.25, -0.2) is 0 Å². The first-order valence-electron chi connectivity index (χ1n) is 7.72. The highest BCUT2D eigenvalue weighted by atomic mass is 19.4. The van der Waals surface area contributed by atoms with Crippen LogP contribution in [0.25, 0.3) is 0 Å². The van der Waals surface area contributed by atoms with Gasteiger partial charge in [-0.3, -0.25) is 4.79 Å². The fourth-order valence-electron chi connectivity index (χ4n) is 1.94. The molecule has 0 fully saturated rings. The molecule has 0 aliphatic carbocycles. The monoisotopic (exact) mass is 347 g/mol. The molecule has 0 bridgehead atoms. The Labute approximate surface area is 140 Å². The van der Waals surface area contributed by atoms with Crippen molar-refractivity contribution in [1.82, 2.24) is 5.32 Å². The van der Waals surface area contributed by atoms with E-state index >= 15 is 0 Å². The molecule has 0 radical (unpaired) electrons. The molecule has 1 aromatic rings. The molecule has 0 aliphatic heterocycles. The first kappa shape index (κ1) is 20.3. The fraction of sp³-hybridized carbons (Fsp3) is 0.588. The molecule has 0 spiro atoms. The van der Waals surface area contributed by atoms with E-state index in [-0.39, 0.29) is 24.0 Å². The summed E-state index contributed by atoms with van der Waals surface area (Å²) in [7, 11) is 0. The molecule has 2 N–H and O–H groups in total. The number of alkyl halides is 3. The summed E-state index contributed by atoms with van der Waals surface area (Å²) in [5.74, 6) is -0.333. The van der Waals surface area contributed by atoms with Gasteiger partial charge in [0.05, 0.1) is 18.1 Å². The number of carbonyl (C=O) groups excluding carboxylic acids is 1. The largest absolute Gasteiger partial charge is 0.484 e. The van der Waals surface area contributed by atoms with E-state index in [1.807, 2.05) is 13.8 Å². The van der Waals surface area contributed by atoms with E-state index in [0.29, 0.717) is 5.56 Å². The molecule has 2 unspecified atom stereocenters. The van der Waals surface area contributed by atoms with Gasteiger partial charge in [-0.15, -0.1) is 0 Å². The van der Waals surface area contributed by atoms with Crippen LogP contribution in [-0.2, 0) is 4.79 Å². The van der Waals surface area contributed by atoms with Crippen molar-refractivity contribution in [2.45, 2.75) is 51.9 Å². The number of aliphatic hydroxyl groups is 1. The molecular weight excluding hydrogens is 323 g/mol. The number of halogens is 3. The number of benzene rings is 1. The quantitative estimate of drug-likeness (QED) is 0.792. The van der Waals surface area contributed by atoms with Crippen LogP contribution in [-0.4, -0.2) is 29.4 Å². The molecule has 2 atom stereocenters. The van der Waals surface area contributed by atoms with Crippen molar-refractivity contribution in [1.29, 1.82) is 0 Å². The molecule has 0 aromatic heterocycles. The van der Waals surface area contributed by atoms with Crippen molar-refractivity contribution in [3.63, 3.8) is 0 Å². The van der Waals surface area contributed by atoms with E-state index in [2.05, 4.69) is 5.32 Å². The van der Waals surface area contributed by atoms with Gasteiger partial charge in [0.2, 0.25) is 5.91 Å². The summed E-state index contributed by atoms with van der Waals surface area (Å²) in [6.07, 6.45) is -4.46. The smallest absolute Gasteiger partial charge is 0.422 e. The van der Waals surface area contributed by atoms with E-state index in [9.17, 15) is 23.1 Å². The van der Waals surface area contributed by atoms with Crippen molar-refractivity contribution in [3.05, 3.63) is 29.8 Å². The maximum absolute atomic E-state index is 12.2. The predicted molar refractivity (Wildman–Crippen MR) is 84.6 cm³/mol. The number of hydrogen-bond acceptors (Lipinski definition) is 3. The average Bonchev–Trinajstić information content (AvgIpc) is 2.43. The summed E-state index contributed by atoms with van der Waals surface area (Å²) in [5.41, 5.74) is -0.506. The van der Waals surface area contributed by atoms with Gasteiger partial charge >= 0.3 is 6.18 Å². The topological polar surface area (TPSA) is 58.6 Å². The molecule has 0 saturated carbocycles. The highest BCUT2D eigenvalue weighted by Crippen LogP contribution is 2.24. The van der Waals surface area contributed by atoms with Crippen LogP contribution in [0.2, 0.25) is 0 Å². The van der Waals surface area contributed by atoms with Crippen LogP contribution in [0.4, 0.5) is 13.2 Å². The Bertz CT molecular complexity index is 556. The molecular formula is C17H24F3NO3. The zero-order valence-electron chi connectivity index (χ0n) is 14.3. The second-order valence-corrected chi connectivity index (χ2v) is 6.45. The zero-order valence-corrected chi connectivity index (χ0v) is 14.3. The fourth-order valence-corrected chi connectivity index (χ4v) is 1.94. The Hall–Kier alpha value is -1.76. The Morgan fingerprint density at radius 2 is 1.92 bits per heavy atom. The summed E-state index contributed by atoms with van der Waals surface area (Å²) in [4.78, 5) is 12.0. The maximum atomic E-state index is 12.2. The summed E-state index contributed by atoms with van der Waals surface area (Å²) >= 11 is 0. The third-order valence-corrected chi connectivity index (χ3v) is 3.90. The summed E-state index contributed by atoms with van der Waals surface area (Å²) in [6, 6.07) is 5.71. The lowest BCUT2D eigenvalue weighted by atomic mass is 9.89. The lowest BCUT2D eigenvalue weighted by molar-refractivity contribution is -0.153. The van der Waals surface area contributed by atoms with Crippen LogP contribution < -0.4 is 10.1 Å². The summed E-state index contributed by atoms with van der Waals surface area (Å²) < 4.78 is 41.3. The number of hydrogen-bond donors (Lipinski definition) is 2. The molecule has 136 valence electrons. The van der Waals surface area contributed by atoms with Crippen LogP contribution in [0.15, 0.2) is 24.3 Å². The number of carbonyl (C=O) groups is 1. The minimum atomic E-state index is -4.40. The minimum Gasteiger partial charge on any atom is -0.484 e. The van der Waals surface area contributed by atoms with Gasteiger partial charge in [-0.05, 0) is 37.5 Å². The second-order valence-electron chi connectivity index (χ2n) is 6.45. The van der Waals surface area contributed by atoms with Crippen molar-refractivity contribution in [2.24, 2.45) is 5.92 Å². The second kappa shape index (κ2) is 7.88. The molecule has 0 aliphatic rings. The molecule has 0 heterocycles. The minimum absolute atomic E-state index is 0.0563.